The fourth-order valence-corrected chi connectivity index (χ4v) is 2.89. The van der Waals surface area contributed by atoms with Crippen molar-refractivity contribution in [3.63, 3.8) is 0 Å². The van der Waals surface area contributed by atoms with E-state index in [0.717, 1.165) is 24.1 Å². The van der Waals surface area contributed by atoms with Gasteiger partial charge in [-0.05, 0) is 41.6 Å². The first-order valence-corrected chi connectivity index (χ1v) is 6.38. The van der Waals surface area contributed by atoms with Crippen LogP contribution in [0.5, 0.6) is 0 Å². The molecule has 1 aliphatic heterocycles. The summed E-state index contributed by atoms with van der Waals surface area (Å²) >= 11 is 2.32. The number of nitrogens with one attached hydrogen (secondary N) is 2. The Kier molecular flexibility index (Phi) is 2.32. The first-order valence-electron chi connectivity index (χ1n) is 5.30. The molecular weight excluding hydrogens is 317 g/mol. The van der Waals surface area contributed by atoms with E-state index in [4.69, 9.17) is 0 Å². The number of nitrogens with zero attached hydrogens (tertiary/aromatic N) is 1. The minimum atomic E-state index is -0.00574. The van der Waals surface area contributed by atoms with Crippen LogP contribution < -0.4 is 11.0 Å². The van der Waals surface area contributed by atoms with Crippen LogP contribution in [0.2, 0.25) is 0 Å². The average molecular weight is 329 g/mol. The maximum atomic E-state index is 11.8. The van der Waals surface area contributed by atoms with Crippen LogP contribution in [0.3, 0.4) is 0 Å². The quantitative estimate of drug-likeness (QED) is 0.719. The van der Waals surface area contributed by atoms with Crippen LogP contribution in [0.25, 0.3) is 11.0 Å². The lowest BCUT2D eigenvalue weighted by Gasteiger charge is -2.09. The van der Waals surface area contributed by atoms with Crippen molar-refractivity contribution in [1.29, 1.82) is 0 Å². The van der Waals surface area contributed by atoms with Crippen LogP contribution in [-0.2, 0) is 13.1 Å². The van der Waals surface area contributed by atoms with Crippen LogP contribution in [0, 0.1) is 3.57 Å². The highest BCUT2D eigenvalue weighted by Crippen LogP contribution is 2.24. The molecular formula is C11H12IN3O. The molecule has 4 nitrogen and oxygen atoms in total. The topological polar surface area (TPSA) is 49.8 Å². The first kappa shape index (κ1) is 10.3. The van der Waals surface area contributed by atoms with Crippen molar-refractivity contribution in [2.24, 2.45) is 0 Å². The van der Waals surface area contributed by atoms with Crippen LogP contribution in [0.4, 0.5) is 0 Å². The van der Waals surface area contributed by atoms with Gasteiger partial charge in [-0.2, -0.15) is 0 Å². The van der Waals surface area contributed by atoms with Crippen LogP contribution in [-0.4, -0.2) is 15.6 Å². The van der Waals surface area contributed by atoms with Crippen molar-refractivity contribution in [3.05, 3.63) is 31.8 Å². The summed E-state index contributed by atoms with van der Waals surface area (Å²) in [6.45, 7) is 3.66. The van der Waals surface area contributed by atoms with Crippen molar-refractivity contribution in [1.82, 2.24) is 14.9 Å². The van der Waals surface area contributed by atoms with E-state index in [2.05, 4.69) is 45.9 Å². The van der Waals surface area contributed by atoms with Gasteiger partial charge < -0.3 is 10.3 Å². The van der Waals surface area contributed by atoms with Gasteiger partial charge in [0.25, 0.3) is 0 Å². The molecule has 1 aromatic heterocycles. The number of aromatic amines is 1. The minimum absolute atomic E-state index is 0.00574. The van der Waals surface area contributed by atoms with Gasteiger partial charge in [-0.3, -0.25) is 4.57 Å². The van der Waals surface area contributed by atoms with Crippen molar-refractivity contribution in [3.8, 4) is 0 Å². The average Bonchev–Trinajstić information content (AvgIpc) is 2.46. The van der Waals surface area contributed by atoms with Gasteiger partial charge in [0, 0.05) is 28.3 Å². The molecule has 0 fully saturated rings. The molecule has 0 aliphatic carbocycles. The van der Waals surface area contributed by atoms with E-state index in [1.165, 1.54) is 9.13 Å². The number of imidazole rings is 1. The zero-order valence-electron chi connectivity index (χ0n) is 8.88. The highest BCUT2D eigenvalue weighted by atomic mass is 127. The van der Waals surface area contributed by atoms with Gasteiger partial charge in [0.2, 0.25) is 0 Å². The summed E-state index contributed by atoms with van der Waals surface area (Å²) in [6, 6.07) is 4.35. The third-order valence-electron chi connectivity index (χ3n) is 3.07. The van der Waals surface area contributed by atoms with Gasteiger partial charge in [0.15, 0.2) is 0 Å². The SMILES string of the molecule is C[C@H]1Cn2c(=O)[nH]c3ccc(I)c(c32)CN1. The lowest BCUT2D eigenvalue weighted by atomic mass is 10.2. The Morgan fingerprint density at radius 1 is 1.50 bits per heavy atom. The molecule has 0 radical (unpaired) electrons. The monoisotopic (exact) mass is 329 g/mol. The molecule has 1 aromatic carbocycles. The molecule has 2 N–H and O–H groups in total. The molecule has 0 bridgehead atoms. The summed E-state index contributed by atoms with van der Waals surface area (Å²) in [7, 11) is 0. The second-order valence-corrected chi connectivity index (χ2v) is 5.41. The van der Waals surface area contributed by atoms with Crippen molar-refractivity contribution in [2.75, 3.05) is 0 Å². The number of aromatic nitrogens is 2. The van der Waals surface area contributed by atoms with Crippen molar-refractivity contribution in [2.45, 2.75) is 26.1 Å². The molecule has 5 heteroatoms. The summed E-state index contributed by atoms with van der Waals surface area (Å²) in [5.74, 6) is 0. The number of rotatable bonds is 0. The molecule has 2 aromatic rings. The molecule has 1 aliphatic rings. The lowest BCUT2D eigenvalue weighted by Crippen LogP contribution is -2.30. The Balaban J connectivity index is 2.43. The highest BCUT2D eigenvalue weighted by Gasteiger charge is 2.19. The van der Waals surface area contributed by atoms with Crippen LogP contribution in [0.1, 0.15) is 12.5 Å². The predicted molar refractivity (Wildman–Crippen MR) is 71.6 cm³/mol. The lowest BCUT2D eigenvalue weighted by molar-refractivity contribution is 0.490. The van der Waals surface area contributed by atoms with E-state index in [9.17, 15) is 4.79 Å². The zero-order valence-corrected chi connectivity index (χ0v) is 11.0. The van der Waals surface area contributed by atoms with Crippen molar-refractivity contribution >= 4 is 33.6 Å². The fraction of sp³-hybridized carbons (Fsp3) is 0.364. The Hall–Kier alpha value is -0.820. The van der Waals surface area contributed by atoms with E-state index < -0.39 is 0 Å². The Labute approximate surface area is 106 Å². The number of benzene rings is 1. The maximum Gasteiger partial charge on any atom is 0.326 e. The third kappa shape index (κ3) is 1.41. The van der Waals surface area contributed by atoms with Gasteiger partial charge in [-0.25, -0.2) is 4.79 Å². The summed E-state index contributed by atoms with van der Waals surface area (Å²) in [5.41, 5.74) is 3.22. The predicted octanol–water partition coefficient (Wildman–Crippen LogP) is 1.43. The second-order valence-electron chi connectivity index (χ2n) is 4.24. The second kappa shape index (κ2) is 3.59. The van der Waals surface area contributed by atoms with E-state index >= 15 is 0 Å². The van der Waals surface area contributed by atoms with E-state index in [-0.39, 0.29) is 5.69 Å². The smallest absolute Gasteiger partial charge is 0.308 e. The molecule has 1 atom stereocenters. The first-order chi connectivity index (χ1) is 7.66. The normalized spacial score (nSPS) is 20.0. The number of hydrogen-bond donors (Lipinski definition) is 2. The maximum absolute atomic E-state index is 11.8. The molecule has 0 amide bonds. The molecule has 16 heavy (non-hydrogen) atoms. The number of hydrogen-bond acceptors (Lipinski definition) is 2. The number of H-pyrrole nitrogens is 1. The van der Waals surface area contributed by atoms with Crippen molar-refractivity contribution < 1.29 is 0 Å². The van der Waals surface area contributed by atoms with Gasteiger partial charge in [0.05, 0.1) is 11.0 Å². The summed E-state index contributed by atoms with van der Waals surface area (Å²) in [5, 5.41) is 3.43. The van der Waals surface area contributed by atoms with E-state index in [1.807, 2.05) is 10.6 Å². The van der Waals surface area contributed by atoms with Gasteiger partial charge in [0.1, 0.15) is 0 Å². The standard InChI is InChI=1S/C11H12IN3O/c1-6-5-15-10-7(4-13-6)8(12)2-3-9(10)14-11(15)16/h2-3,6,13H,4-5H2,1H3,(H,14,16)/t6-/m0/s1. The van der Waals surface area contributed by atoms with Gasteiger partial charge in [-0.15, -0.1) is 0 Å². The van der Waals surface area contributed by atoms with Gasteiger partial charge >= 0.3 is 5.69 Å². The van der Waals surface area contributed by atoms with Gasteiger partial charge in [-0.1, -0.05) is 0 Å². The Morgan fingerprint density at radius 2 is 2.31 bits per heavy atom. The Morgan fingerprint density at radius 3 is 3.12 bits per heavy atom. The molecule has 0 saturated carbocycles. The molecule has 0 unspecified atom stereocenters. The Bertz CT molecular complexity index is 613. The highest BCUT2D eigenvalue weighted by molar-refractivity contribution is 14.1. The van der Waals surface area contributed by atoms with Crippen LogP contribution >= 0.6 is 22.6 Å². The fourth-order valence-electron chi connectivity index (χ4n) is 2.26. The van der Waals surface area contributed by atoms with E-state index in [0.29, 0.717) is 6.04 Å². The molecule has 84 valence electrons. The number of halogens is 1. The van der Waals surface area contributed by atoms with E-state index in [1.54, 1.807) is 0 Å². The summed E-state index contributed by atoms with van der Waals surface area (Å²) in [4.78, 5) is 14.8. The summed E-state index contributed by atoms with van der Waals surface area (Å²) < 4.78 is 3.05. The molecule has 0 spiro atoms. The van der Waals surface area contributed by atoms with Crippen LogP contribution in [0.15, 0.2) is 16.9 Å². The largest absolute Gasteiger partial charge is 0.326 e. The third-order valence-corrected chi connectivity index (χ3v) is 4.08. The summed E-state index contributed by atoms with van der Waals surface area (Å²) in [6.07, 6.45) is 0. The molecule has 0 saturated heterocycles. The minimum Gasteiger partial charge on any atom is -0.308 e. The molecule has 3 rings (SSSR count). The molecule has 2 heterocycles. The zero-order chi connectivity index (χ0) is 11.3.